The molecule has 0 bridgehead atoms. The average molecular weight is 338 g/mol. The Bertz CT molecular complexity index is 954. The monoisotopic (exact) mass is 338 g/mol. The normalized spacial score (nSPS) is 18.4. The molecule has 2 fully saturated rings. The number of anilines is 2. The van der Waals surface area contributed by atoms with Gasteiger partial charge in [-0.1, -0.05) is 0 Å². The van der Waals surface area contributed by atoms with Crippen molar-refractivity contribution in [3.8, 4) is 0 Å². The van der Waals surface area contributed by atoms with Crippen LogP contribution in [0, 0.1) is 0 Å². The van der Waals surface area contributed by atoms with Crippen LogP contribution in [-0.2, 0) is 11.8 Å². The van der Waals surface area contributed by atoms with Crippen molar-refractivity contribution in [2.45, 2.75) is 18.9 Å². The molecule has 2 saturated heterocycles. The summed E-state index contributed by atoms with van der Waals surface area (Å²) in [6.07, 6.45) is 8.83. The zero-order valence-electron chi connectivity index (χ0n) is 13.9. The van der Waals surface area contributed by atoms with Gasteiger partial charge in [-0.15, -0.1) is 0 Å². The average Bonchev–Trinajstić information content (AvgIpc) is 3.25. The van der Waals surface area contributed by atoms with Crippen molar-refractivity contribution >= 4 is 28.4 Å². The van der Waals surface area contributed by atoms with E-state index in [9.17, 15) is 4.79 Å². The molecule has 0 saturated carbocycles. The molecule has 9 nitrogen and oxygen atoms in total. The topological polar surface area (TPSA) is 85.0 Å². The minimum absolute atomic E-state index is 0.190. The first-order valence-corrected chi connectivity index (χ1v) is 8.43. The van der Waals surface area contributed by atoms with Gasteiger partial charge in [-0.25, -0.2) is 9.97 Å². The van der Waals surface area contributed by atoms with E-state index in [-0.39, 0.29) is 11.9 Å². The van der Waals surface area contributed by atoms with Gasteiger partial charge in [0.25, 0.3) is 0 Å². The van der Waals surface area contributed by atoms with E-state index in [4.69, 9.17) is 0 Å². The molecule has 0 N–H and O–H groups in total. The predicted octanol–water partition coefficient (Wildman–Crippen LogP) is 0.748. The van der Waals surface area contributed by atoms with E-state index < -0.39 is 0 Å². The lowest BCUT2D eigenvalue weighted by Crippen LogP contribution is -2.48. The molecule has 128 valence electrons. The van der Waals surface area contributed by atoms with Crippen LogP contribution in [-0.4, -0.2) is 55.1 Å². The maximum absolute atomic E-state index is 11.9. The van der Waals surface area contributed by atoms with Crippen molar-refractivity contribution in [2.75, 3.05) is 29.4 Å². The molecule has 9 heteroatoms. The molecule has 0 aromatic carbocycles. The number of nitrogens with zero attached hydrogens (tertiary/aromatic N) is 8. The van der Waals surface area contributed by atoms with Gasteiger partial charge < -0.3 is 9.80 Å². The molecule has 0 unspecified atom stereocenters. The van der Waals surface area contributed by atoms with Gasteiger partial charge in [0, 0.05) is 45.5 Å². The molecule has 1 amide bonds. The number of amides is 1. The molecule has 2 aliphatic rings. The van der Waals surface area contributed by atoms with Gasteiger partial charge in [-0.05, 0) is 6.42 Å². The minimum atomic E-state index is 0.190. The Labute approximate surface area is 143 Å². The van der Waals surface area contributed by atoms with Gasteiger partial charge in [0.15, 0.2) is 5.65 Å². The summed E-state index contributed by atoms with van der Waals surface area (Å²) < 4.78 is 3.71. The number of carbonyl (C=O) groups excluding carboxylic acids is 1. The number of aromatic nitrogens is 6. The fraction of sp³-hybridized carbons (Fsp3) is 0.438. The highest BCUT2D eigenvalue weighted by molar-refractivity contribution is 5.95. The van der Waals surface area contributed by atoms with E-state index in [1.54, 1.807) is 17.2 Å². The Morgan fingerprint density at radius 1 is 1.20 bits per heavy atom. The quantitative estimate of drug-likeness (QED) is 0.700. The first kappa shape index (κ1) is 14.4. The Morgan fingerprint density at radius 2 is 2.08 bits per heavy atom. The zero-order chi connectivity index (χ0) is 17.0. The number of aryl methyl sites for hydroxylation is 1. The second kappa shape index (κ2) is 5.27. The molecule has 0 spiro atoms. The third-order valence-corrected chi connectivity index (χ3v) is 4.92. The van der Waals surface area contributed by atoms with Crippen molar-refractivity contribution in [1.82, 2.24) is 29.5 Å². The van der Waals surface area contributed by atoms with E-state index in [2.05, 4.69) is 25.1 Å². The molecule has 5 rings (SSSR count). The predicted molar refractivity (Wildman–Crippen MR) is 91.4 cm³/mol. The summed E-state index contributed by atoms with van der Waals surface area (Å²) >= 11 is 0. The smallest absolute Gasteiger partial charge is 0.227 e. The van der Waals surface area contributed by atoms with Crippen LogP contribution in [0.1, 0.15) is 18.9 Å². The van der Waals surface area contributed by atoms with Crippen LogP contribution >= 0.6 is 0 Å². The summed E-state index contributed by atoms with van der Waals surface area (Å²) in [7, 11) is 1.88. The Hall–Kier alpha value is -2.97. The number of carbonyl (C=O) groups is 1. The highest BCUT2D eigenvalue weighted by atomic mass is 16.2. The van der Waals surface area contributed by atoms with Crippen molar-refractivity contribution in [2.24, 2.45) is 7.05 Å². The van der Waals surface area contributed by atoms with Gasteiger partial charge in [0.1, 0.15) is 12.1 Å². The fourth-order valence-electron chi connectivity index (χ4n) is 3.57. The highest BCUT2D eigenvalue weighted by Crippen LogP contribution is 2.31. The summed E-state index contributed by atoms with van der Waals surface area (Å²) in [6.45, 7) is 2.45. The number of rotatable bonds is 3. The number of hydrogen-bond acceptors (Lipinski definition) is 6. The van der Waals surface area contributed by atoms with Crippen molar-refractivity contribution in [3.63, 3.8) is 0 Å². The molecule has 2 aliphatic heterocycles. The molecule has 0 radical (unpaired) electrons. The van der Waals surface area contributed by atoms with Gasteiger partial charge in [-0.2, -0.15) is 10.2 Å². The van der Waals surface area contributed by atoms with Gasteiger partial charge in [0.2, 0.25) is 5.91 Å². The summed E-state index contributed by atoms with van der Waals surface area (Å²) in [5.74, 6) is 1.10. The maximum atomic E-state index is 11.9. The Kier molecular flexibility index (Phi) is 3.03. The lowest BCUT2D eigenvalue weighted by molar-refractivity contribution is -0.117. The van der Waals surface area contributed by atoms with Gasteiger partial charge in [0.05, 0.1) is 23.3 Å². The van der Waals surface area contributed by atoms with Crippen molar-refractivity contribution in [1.29, 1.82) is 0 Å². The summed E-state index contributed by atoms with van der Waals surface area (Å²) in [6, 6.07) is 0.285. The van der Waals surface area contributed by atoms with Crippen LogP contribution in [0.4, 0.5) is 11.5 Å². The molecule has 0 atom stereocenters. The number of hydrogen-bond donors (Lipinski definition) is 0. The third kappa shape index (κ3) is 2.26. The first-order chi connectivity index (χ1) is 12.2. The van der Waals surface area contributed by atoms with Crippen molar-refractivity contribution in [3.05, 3.63) is 24.9 Å². The molecule has 25 heavy (non-hydrogen) atoms. The third-order valence-electron chi connectivity index (χ3n) is 4.92. The molecule has 3 aromatic rings. The molecular formula is C16H18N8O. The van der Waals surface area contributed by atoms with Crippen LogP contribution < -0.4 is 9.80 Å². The van der Waals surface area contributed by atoms with Crippen molar-refractivity contribution < 1.29 is 4.79 Å². The zero-order valence-corrected chi connectivity index (χ0v) is 13.9. The van der Waals surface area contributed by atoms with E-state index in [1.165, 1.54) is 0 Å². The highest BCUT2D eigenvalue weighted by Gasteiger charge is 2.32. The van der Waals surface area contributed by atoms with Gasteiger partial charge >= 0.3 is 0 Å². The largest absolute Gasteiger partial charge is 0.351 e. The van der Waals surface area contributed by atoms with Crippen LogP contribution in [0.5, 0.6) is 0 Å². The van der Waals surface area contributed by atoms with Crippen LogP contribution in [0.25, 0.3) is 11.0 Å². The molecule has 0 aliphatic carbocycles. The van der Waals surface area contributed by atoms with E-state index >= 15 is 0 Å². The van der Waals surface area contributed by atoms with E-state index in [0.717, 1.165) is 42.9 Å². The summed E-state index contributed by atoms with van der Waals surface area (Å²) in [5.41, 5.74) is 1.61. The minimum Gasteiger partial charge on any atom is -0.351 e. The fourth-order valence-corrected chi connectivity index (χ4v) is 3.57. The Morgan fingerprint density at radius 3 is 2.88 bits per heavy atom. The van der Waals surface area contributed by atoms with E-state index in [0.29, 0.717) is 12.1 Å². The standard InChI is InChI=1S/C16H18N8O/c1-21-9-13-15(20-21)17-10-18-16(13)22-6-12(7-22)24-8-11(5-19-24)23-4-2-3-14(23)25/h5,8-10,12H,2-4,6-7H2,1H3. The van der Waals surface area contributed by atoms with Crippen LogP contribution in [0.15, 0.2) is 24.9 Å². The van der Waals surface area contributed by atoms with Gasteiger partial charge in [-0.3, -0.25) is 14.2 Å². The molecule has 5 heterocycles. The summed E-state index contributed by atoms with van der Waals surface area (Å²) in [4.78, 5) is 24.5. The molecule has 3 aromatic heterocycles. The number of fused-ring (bicyclic) bond motifs is 1. The molecular weight excluding hydrogens is 320 g/mol. The van der Waals surface area contributed by atoms with E-state index in [1.807, 2.05) is 29.0 Å². The first-order valence-electron chi connectivity index (χ1n) is 8.43. The second-order valence-corrected chi connectivity index (χ2v) is 6.62. The van der Waals surface area contributed by atoms with Crippen LogP contribution in [0.2, 0.25) is 0 Å². The SMILES string of the molecule is Cn1cc2c(N3CC(n4cc(N5CCCC5=O)cn4)C3)ncnc2n1. The lowest BCUT2D eigenvalue weighted by Gasteiger charge is -2.40. The van der Waals surface area contributed by atoms with Crippen LogP contribution in [0.3, 0.4) is 0 Å². The maximum Gasteiger partial charge on any atom is 0.227 e. The second-order valence-electron chi connectivity index (χ2n) is 6.62. The summed E-state index contributed by atoms with van der Waals surface area (Å²) in [5, 5.41) is 9.75. The Balaban J connectivity index is 1.33. The lowest BCUT2D eigenvalue weighted by atomic mass is 10.1.